The first-order chi connectivity index (χ1) is 12.3. The lowest BCUT2D eigenvalue weighted by atomic mass is 9.85. The van der Waals surface area contributed by atoms with Gasteiger partial charge in [-0.25, -0.2) is 4.79 Å². The van der Waals surface area contributed by atoms with Crippen molar-refractivity contribution in [3.05, 3.63) is 35.9 Å². The minimum absolute atomic E-state index is 0.0664. The summed E-state index contributed by atoms with van der Waals surface area (Å²) in [4.78, 5) is 23.9. The zero-order valence-electron chi connectivity index (χ0n) is 14.5. The lowest BCUT2D eigenvalue weighted by Gasteiger charge is -2.31. The molecular formula is C18H23F3N2O3. The van der Waals surface area contributed by atoms with E-state index in [1.165, 1.54) is 6.92 Å². The van der Waals surface area contributed by atoms with Crippen molar-refractivity contribution in [2.24, 2.45) is 5.92 Å². The molecule has 0 unspecified atom stereocenters. The van der Waals surface area contributed by atoms with E-state index in [-0.39, 0.29) is 19.4 Å². The Kier molecular flexibility index (Phi) is 6.88. The Morgan fingerprint density at radius 2 is 1.92 bits per heavy atom. The highest BCUT2D eigenvalue weighted by Gasteiger charge is 2.42. The molecule has 1 fully saturated rings. The first kappa shape index (κ1) is 20.1. The Bertz CT molecular complexity index is 607. The normalized spacial score (nSPS) is 21.5. The third-order valence-electron chi connectivity index (χ3n) is 4.42. The predicted molar refractivity (Wildman–Crippen MR) is 89.2 cm³/mol. The van der Waals surface area contributed by atoms with Gasteiger partial charge in [0.25, 0.3) is 0 Å². The second-order valence-corrected chi connectivity index (χ2v) is 6.54. The number of carbonyl (C=O) groups excluding carboxylic acids is 2. The van der Waals surface area contributed by atoms with E-state index in [0.29, 0.717) is 12.8 Å². The van der Waals surface area contributed by atoms with Crippen LogP contribution in [0, 0.1) is 5.92 Å². The van der Waals surface area contributed by atoms with Gasteiger partial charge in [-0.15, -0.1) is 0 Å². The number of amides is 2. The molecule has 0 heterocycles. The number of hydrogen-bond donors (Lipinski definition) is 2. The van der Waals surface area contributed by atoms with Gasteiger partial charge < -0.3 is 15.4 Å². The van der Waals surface area contributed by atoms with Crippen LogP contribution in [0.15, 0.2) is 30.3 Å². The average molecular weight is 372 g/mol. The summed E-state index contributed by atoms with van der Waals surface area (Å²) in [5, 5.41) is 4.98. The molecule has 0 saturated heterocycles. The lowest BCUT2D eigenvalue weighted by Crippen LogP contribution is -2.50. The molecule has 5 nitrogen and oxygen atoms in total. The van der Waals surface area contributed by atoms with Gasteiger partial charge in [-0.2, -0.15) is 13.2 Å². The van der Waals surface area contributed by atoms with Crippen molar-refractivity contribution in [3.63, 3.8) is 0 Å². The molecule has 0 bridgehead atoms. The summed E-state index contributed by atoms with van der Waals surface area (Å²) in [5.41, 5.74) is 0.806. The van der Waals surface area contributed by atoms with Crippen molar-refractivity contribution < 1.29 is 27.5 Å². The van der Waals surface area contributed by atoms with Crippen molar-refractivity contribution in [1.82, 2.24) is 10.6 Å². The van der Waals surface area contributed by atoms with Crippen molar-refractivity contribution in [2.45, 2.75) is 57.5 Å². The predicted octanol–water partition coefficient (Wildman–Crippen LogP) is 3.54. The molecule has 2 N–H and O–H groups in total. The van der Waals surface area contributed by atoms with Gasteiger partial charge in [-0.3, -0.25) is 4.79 Å². The zero-order chi connectivity index (χ0) is 19.2. The maximum absolute atomic E-state index is 12.8. The van der Waals surface area contributed by atoms with Crippen LogP contribution in [0.25, 0.3) is 0 Å². The standard InChI is InChI=1S/C18H23F3N2O3/c1-12(22-17(25)26-11-13-6-3-2-4-7-13)16(24)23-15-9-5-8-14(10-15)18(19,20)21/h2-4,6-7,12,14-15H,5,8-11H2,1H3,(H,22,25)(H,23,24)/t12-,14-,15-/m0/s1. The number of nitrogens with one attached hydrogen (secondary N) is 2. The molecular weight excluding hydrogens is 349 g/mol. The van der Waals surface area contributed by atoms with Crippen LogP contribution in [0.1, 0.15) is 38.2 Å². The number of carbonyl (C=O) groups is 2. The molecule has 1 aromatic rings. The highest BCUT2D eigenvalue weighted by molar-refractivity contribution is 5.85. The Morgan fingerprint density at radius 3 is 2.58 bits per heavy atom. The molecule has 0 radical (unpaired) electrons. The maximum Gasteiger partial charge on any atom is 0.408 e. The molecule has 0 spiro atoms. The molecule has 1 aromatic carbocycles. The fraction of sp³-hybridized carbons (Fsp3) is 0.556. The van der Waals surface area contributed by atoms with Crippen molar-refractivity contribution >= 4 is 12.0 Å². The van der Waals surface area contributed by atoms with Crippen molar-refractivity contribution in [3.8, 4) is 0 Å². The molecule has 144 valence electrons. The Balaban J connectivity index is 1.75. The van der Waals surface area contributed by atoms with Gasteiger partial charge in [0.2, 0.25) is 5.91 Å². The Labute approximate surface area is 150 Å². The van der Waals surface area contributed by atoms with Crippen LogP contribution in [0.4, 0.5) is 18.0 Å². The number of halogens is 3. The van der Waals surface area contributed by atoms with Gasteiger partial charge in [-0.1, -0.05) is 36.8 Å². The third kappa shape index (κ3) is 6.24. The highest BCUT2D eigenvalue weighted by atomic mass is 19.4. The summed E-state index contributed by atoms with van der Waals surface area (Å²) < 4.78 is 43.5. The number of ether oxygens (including phenoxy) is 1. The zero-order valence-corrected chi connectivity index (χ0v) is 14.5. The SMILES string of the molecule is C[C@H](NC(=O)OCc1ccccc1)C(=O)N[C@H]1CCC[C@H](C(F)(F)F)C1. The molecule has 26 heavy (non-hydrogen) atoms. The van der Waals surface area contributed by atoms with Crippen LogP contribution in [0.2, 0.25) is 0 Å². The van der Waals surface area contributed by atoms with Gasteiger partial charge >= 0.3 is 12.3 Å². The minimum atomic E-state index is -4.24. The maximum atomic E-state index is 12.8. The molecule has 1 saturated carbocycles. The molecule has 8 heteroatoms. The smallest absolute Gasteiger partial charge is 0.408 e. The van der Waals surface area contributed by atoms with Crippen molar-refractivity contribution in [2.75, 3.05) is 0 Å². The minimum Gasteiger partial charge on any atom is -0.445 e. The Hall–Kier alpha value is -2.25. The van der Waals surface area contributed by atoms with Crippen LogP contribution in [-0.2, 0) is 16.1 Å². The van der Waals surface area contributed by atoms with E-state index in [4.69, 9.17) is 4.74 Å². The van der Waals surface area contributed by atoms with Crippen LogP contribution < -0.4 is 10.6 Å². The van der Waals surface area contributed by atoms with E-state index in [2.05, 4.69) is 10.6 Å². The first-order valence-electron chi connectivity index (χ1n) is 8.60. The molecule has 2 rings (SSSR count). The van der Waals surface area contributed by atoms with E-state index in [9.17, 15) is 22.8 Å². The number of rotatable bonds is 5. The van der Waals surface area contributed by atoms with Gasteiger partial charge in [0, 0.05) is 6.04 Å². The van der Waals surface area contributed by atoms with Crippen LogP contribution in [0.5, 0.6) is 0 Å². The topological polar surface area (TPSA) is 67.4 Å². The van der Waals surface area contributed by atoms with Gasteiger partial charge in [0.05, 0.1) is 5.92 Å². The lowest BCUT2D eigenvalue weighted by molar-refractivity contribution is -0.184. The number of alkyl halides is 3. The van der Waals surface area contributed by atoms with Crippen LogP contribution in [0.3, 0.4) is 0 Å². The first-order valence-corrected chi connectivity index (χ1v) is 8.60. The number of hydrogen-bond acceptors (Lipinski definition) is 3. The fourth-order valence-electron chi connectivity index (χ4n) is 2.95. The van der Waals surface area contributed by atoms with E-state index < -0.39 is 36.2 Å². The summed E-state index contributed by atoms with van der Waals surface area (Å²) >= 11 is 0. The van der Waals surface area contributed by atoms with Gasteiger partial charge in [0.15, 0.2) is 0 Å². The van der Waals surface area contributed by atoms with Crippen LogP contribution in [-0.4, -0.2) is 30.3 Å². The van der Waals surface area contributed by atoms with E-state index in [1.807, 2.05) is 18.2 Å². The second kappa shape index (κ2) is 8.91. The van der Waals surface area contributed by atoms with E-state index in [1.54, 1.807) is 12.1 Å². The largest absolute Gasteiger partial charge is 0.445 e. The second-order valence-electron chi connectivity index (χ2n) is 6.54. The van der Waals surface area contributed by atoms with Crippen molar-refractivity contribution in [1.29, 1.82) is 0 Å². The van der Waals surface area contributed by atoms with E-state index in [0.717, 1.165) is 5.56 Å². The van der Waals surface area contributed by atoms with E-state index >= 15 is 0 Å². The molecule has 3 atom stereocenters. The average Bonchev–Trinajstić information content (AvgIpc) is 2.60. The molecule has 0 aromatic heterocycles. The highest BCUT2D eigenvalue weighted by Crippen LogP contribution is 2.37. The molecule has 0 aliphatic heterocycles. The Morgan fingerprint density at radius 1 is 1.23 bits per heavy atom. The summed E-state index contributed by atoms with van der Waals surface area (Å²) in [6, 6.07) is 7.62. The van der Waals surface area contributed by atoms with Crippen LogP contribution >= 0.6 is 0 Å². The third-order valence-corrected chi connectivity index (χ3v) is 4.42. The summed E-state index contributed by atoms with van der Waals surface area (Å²) in [7, 11) is 0. The molecule has 2 amide bonds. The van der Waals surface area contributed by atoms with Gasteiger partial charge in [-0.05, 0) is 31.7 Å². The monoisotopic (exact) mass is 372 g/mol. The molecule has 1 aliphatic rings. The summed E-state index contributed by atoms with van der Waals surface area (Å²) in [6.45, 7) is 1.53. The van der Waals surface area contributed by atoms with Gasteiger partial charge in [0.1, 0.15) is 12.6 Å². The molecule has 1 aliphatic carbocycles. The number of benzene rings is 1. The fourth-order valence-corrected chi connectivity index (χ4v) is 2.95. The number of alkyl carbamates (subject to hydrolysis) is 1. The quantitative estimate of drug-likeness (QED) is 0.831. The summed E-state index contributed by atoms with van der Waals surface area (Å²) in [5.74, 6) is -1.91. The summed E-state index contributed by atoms with van der Waals surface area (Å²) in [6.07, 6.45) is -4.11.